The SMILES string of the molecule is CC(=O)Nc1cc(-c2nc(Cc3ccccc3)c(-c3ncc[nH]3)s2)ccn1. The quantitative estimate of drug-likeness (QED) is 0.549. The summed E-state index contributed by atoms with van der Waals surface area (Å²) < 4.78 is 0. The molecule has 0 fully saturated rings. The minimum absolute atomic E-state index is 0.153. The number of H-pyrrole nitrogens is 1. The van der Waals surface area contributed by atoms with Gasteiger partial charge in [0, 0.05) is 37.5 Å². The zero-order valence-electron chi connectivity index (χ0n) is 14.6. The van der Waals surface area contributed by atoms with Crippen molar-refractivity contribution in [2.45, 2.75) is 13.3 Å². The van der Waals surface area contributed by atoms with Gasteiger partial charge in [0.15, 0.2) is 0 Å². The van der Waals surface area contributed by atoms with Crippen LogP contribution in [0.1, 0.15) is 18.2 Å². The van der Waals surface area contributed by atoms with E-state index in [1.807, 2.05) is 36.5 Å². The molecule has 0 saturated heterocycles. The number of aromatic nitrogens is 4. The van der Waals surface area contributed by atoms with E-state index in [0.717, 1.165) is 33.4 Å². The lowest BCUT2D eigenvalue weighted by atomic mass is 10.1. The molecule has 7 heteroatoms. The Hall–Kier alpha value is -3.32. The van der Waals surface area contributed by atoms with Gasteiger partial charge in [-0.2, -0.15) is 0 Å². The van der Waals surface area contributed by atoms with Gasteiger partial charge >= 0.3 is 0 Å². The Morgan fingerprint density at radius 3 is 2.74 bits per heavy atom. The van der Waals surface area contributed by atoms with Crippen LogP contribution in [0.3, 0.4) is 0 Å². The van der Waals surface area contributed by atoms with Crippen molar-refractivity contribution >= 4 is 23.1 Å². The van der Waals surface area contributed by atoms with Crippen LogP contribution in [0.15, 0.2) is 61.1 Å². The van der Waals surface area contributed by atoms with E-state index in [9.17, 15) is 4.79 Å². The molecule has 3 heterocycles. The molecule has 0 aliphatic heterocycles. The van der Waals surface area contributed by atoms with E-state index < -0.39 is 0 Å². The fraction of sp³-hybridized carbons (Fsp3) is 0.100. The maximum atomic E-state index is 11.3. The first-order valence-electron chi connectivity index (χ1n) is 8.46. The lowest BCUT2D eigenvalue weighted by Crippen LogP contribution is -2.07. The molecule has 2 N–H and O–H groups in total. The zero-order valence-corrected chi connectivity index (χ0v) is 15.5. The maximum Gasteiger partial charge on any atom is 0.222 e. The summed E-state index contributed by atoms with van der Waals surface area (Å²) >= 11 is 1.57. The van der Waals surface area contributed by atoms with E-state index in [2.05, 4.69) is 32.4 Å². The van der Waals surface area contributed by atoms with Gasteiger partial charge in [-0.3, -0.25) is 4.79 Å². The molecule has 6 nitrogen and oxygen atoms in total. The third kappa shape index (κ3) is 3.93. The first kappa shape index (κ1) is 17.1. The number of anilines is 1. The molecule has 4 rings (SSSR count). The summed E-state index contributed by atoms with van der Waals surface area (Å²) in [5.74, 6) is 1.17. The number of nitrogens with zero attached hydrogens (tertiary/aromatic N) is 3. The van der Waals surface area contributed by atoms with Crippen molar-refractivity contribution in [3.05, 3.63) is 72.3 Å². The first-order chi connectivity index (χ1) is 13.2. The standard InChI is InChI=1S/C20H17N5OS/c1-13(26)24-17-12-15(7-8-21-17)20-25-16(11-14-5-3-2-4-6-14)18(27-20)19-22-9-10-23-19/h2-10,12H,11H2,1H3,(H,22,23)(H,21,24,26). The Kier molecular flexibility index (Phi) is 4.76. The molecule has 0 atom stereocenters. The summed E-state index contributed by atoms with van der Waals surface area (Å²) in [7, 11) is 0. The van der Waals surface area contributed by atoms with Crippen molar-refractivity contribution in [3.8, 4) is 21.3 Å². The largest absolute Gasteiger partial charge is 0.344 e. The van der Waals surface area contributed by atoms with Gasteiger partial charge in [0.05, 0.1) is 10.6 Å². The van der Waals surface area contributed by atoms with Crippen LogP contribution >= 0.6 is 11.3 Å². The highest BCUT2D eigenvalue weighted by atomic mass is 32.1. The van der Waals surface area contributed by atoms with E-state index in [4.69, 9.17) is 4.98 Å². The Balaban J connectivity index is 1.74. The molecule has 1 amide bonds. The zero-order chi connectivity index (χ0) is 18.6. The average molecular weight is 375 g/mol. The molecule has 1 aromatic carbocycles. The fourth-order valence-electron chi connectivity index (χ4n) is 2.77. The highest BCUT2D eigenvalue weighted by Crippen LogP contribution is 2.35. The molecule has 0 spiro atoms. The summed E-state index contributed by atoms with van der Waals surface area (Å²) in [4.78, 5) is 28.9. The predicted molar refractivity (Wildman–Crippen MR) is 106 cm³/mol. The minimum atomic E-state index is -0.153. The van der Waals surface area contributed by atoms with Gasteiger partial charge in [0.25, 0.3) is 0 Å². The Morgan fingerprint density at radius 1 is 1.15 bits per heavy atom. The van der Waals surface area contributed by atoms with E-state index in [1.54, 1.807) is 23.7 Å². The van der Waals surface area contributed by atoms with Gasteiger partial charge < -0.3 is 10.3 Å². The molecule has 0 unspecified atom stereocenters. The van der Waals surface area contributed by atoms with Crippen LogP contribution in [0.4, 0.5) is 5.82 Å². The molecular weight excluding hydrogens is 358 g/mol. The number of imidazole rings is 1. The maximum absolute atomic E-state index is 11.3. The van der Waals surface area contributed by atoms with Gasteiger partial charge in [-0.25, -0.2) is 15.0 Å². The number of thiazole rings is 1. The number of aromatic amines is 1. The average Bonchev–Trinajstić information content (AvgIpc) is 3.32. The second-order valence-electron chi connectivity index (χ2n) is 6.01. The second kappa shape index (κ2) is 7.51. The summed E-state index contributed by atoms with van der Waals surface area (Å²) in [6.07, 6.45) is 5.94. The minimum Gasteiger partial charge on any atom is -0.344 e. The number of pyridine rings is 1. The van der Waals surface area contributed by atoms with Gasteiger partial charge in [0.1, 0.15) is 16.6 Å². The molecular formula is C20H17N5OS. The van der Waals surface area contributed by atoms with Crippen molar-refractivity contribution in [2.75, 3.05) is 5.32 Å². The fourth-order valence-corrected chi connectivity index (χ4v) is 3.81. The van der Waals surface area contributed by atoms with Crippen LogP contribution in [0, 0.1) is 0 Å². The molecule has 4 aromatic rings. The number of hydrogen-bond acceptors (Lipinski definition) is 5. The number of carbonyl (C=O) groups is 1. The third-order valence-electron chi connectivity index (χ3n) is 3.94. The summed E-state index contributed by atoms with van der Waals surface area (Å²) in [6, 6.07) is 14.0. The molecule has 0 aliphatic carbocycles. The van der Waals surface area contributed by atoms with Crippen LogP contribution in [0.25, 0.3) is 21.3 Å². The number of hydrogen-bond donors (Lipinski definition) is 2. The number of nitrogens with one attached hydrogen (secondary N) is 2. The van der Waals surface area contributed by atoms with Crippen molar-refractivity contribution < 1.29 is 4.79 Å². The normalized spacial score (nSPS) is 10.7. The molecule has 0 bridgehead atoms. The lowest BCUT2D eigenvalue weighted by Gasteiger charge is -2.02. The van der Waals surface area contributed by atoms with Crippen molar-refractivity contribution in [3.63, 3.8) is 0 Å². The smallest absolute Gasteiger partial charge is 0.222 e. The summed E-state index contributed by atoms with van der Waals surface area (Å²) in [5.41, 5.74) is 3.07. The monoisotopic (exact) mass is 375 g/mol. The lowest BCUT2D eigenvalue weighted by molar-refractivity contribution is -0.114. The van der Waals surface area contributed by atoms with Gasteiger partial charge in [-0.1, -0.05) is 30.3 Å². The summed E-state index contributed by atoms with van der Waals surface area (Å²) in [5, 5.41) is 3.57. The Labute approximate surface area is 160 Å². The first-order valence-corrected chi connectivity index (χ1v) is 9.28. The molecule has 0 aliphatic rings. The van der Waals surface area contributed by atoms with Crippen molar-refractivity contribution in [1.29, 1.82) is 0 Å². The molecule has 0 saturated carbocycles. The van der Waals surface area contributed by atoms with Gasteiger partial charge in [0.2, 0.25) is 5.91 Å². The van der Waals surface area contributed by atoms with Crippen LogP contribution in [-0.2, 0) is 11.2 Å². The summed E-state index contributed by atoms with van der Waals surface area (Å²) in [6.45, 7) is 1.46. The third-order valence-corrected chi connectivity index (χ3v) is 5.09. The Morgan fingerprint density at radius 2 is 2.00 bits per heavy atom. The van der Waals surface area contributed by atoms with E-state index in [0.29, 0.717) is 5.82 Å². The van der Waals surface area contributed by atoms with Crippen molar-refractivity contribution in [1.82, 2.24) is 19.9 Å². The van der Waals surface area contributed by atoms with Gasteiger partial charge in [-0.15, -0.1) is 11.3 Å². The van der Waals surface area contributed by atoms with Crippen LogP contribution in [0.2, 0.25) is 0 Å². The molecule has 0 radical (unpaired) electrons. The van der Waals surface area contributed by atoms with E-state index in [1.165, 1.54) is 12.5 Å². The van der Waals surface area contributed by atoms with E-state index in [-0.39, 0.29) is 5.91 Å². The highest BCUT2D eigenvalue weighted by Gasteiger charge is 2.17. The topological polar surface area (TPSA) is 83.6 Å². The number of benzene rings is 1. The molecule has 3 aromatic heterocycles. The van der Waals surface area contributed by atoms with Crippen LogP contribution < -0.4 is 5.32 Å². The molecule has 27 heavy (non-hydrogen) atoms. The van der Waals surface area contributed by atoms with Crippen LogP contribution in [0.5, 0.6) is 0 Å². The van der Waals surface area contributed by atoms with Gasteiger partial charge in [-0.05, 0) is 17.7 Å². The van der Waals surface area contributed by atoms with Crippen molar-refractivity contribution in [2.24, 2.45) is 0 Å². The van der Waals surface area contributed by atoms with E-state index >= 15 is 0 Å². The molecule has 134 valence electrons. The Bertz CT molecular complexity index is 1060. The number of amides is 1. The highest BCUT2D eigenvalue weighted by molar-refractivity contribution is 7.18. The number of carbonyl (C=O) groups excluding carboxylic acids is 1. The second-order valence-corrected chi connectivity index (χ2v) is 7.01. The number of rotatable bonds is 5. The van der Waals surface area contributed by atoms with Crippen LogP contribution in [-0.4, -0.2) is 25.8 Å². The predicted octanol–water partition coefficient (Wildman–Crippen LogP) is 4.14.